The number of likely N-dealkylation sites (tertiary alicyclic amines) is 1. The number of fused-ring (bicyclic) bond motifs is 1. The maximum absolute atomic E-state index is 12.4. The highest BCUT2D eigenvalue weighted by Gasteiger charge is 2.42. The van der Waals surface area contributed by atoms with Crippen LogP contribution in [-0.2, 0) is 0 Å². The molecule has 136 valence electrons. The molecule has 2 aromatic rings. The summed E-state index contributed by atoms with van der Waals surface area (Å²) in [5.74, 6) is 2.14. The Bertz CT molecular complexity index is 782. The maximum Gasteiger partial charge on any atom is 0.176 e. The van der Waals surface area contributed by atoms with Crippen molar-refractivity contribution in [2.75, 3.05) is 19.6 Å². The Hall–Kier alpha value is -2.11. The first-order chi connectivity index (χ1) is 12.6. The molecule has 6 heteroatoms. The first-order valence-electron chi connectivity index (χ1n) is 8.88. The smallest absolute Gasteiger partial charge is 0.176 e. The zero-order valence-electron chi connectivity index (χ0n) is 14.3. The molecule has 2 fully saturated rings. The number of nitrogens with zero attached hydrogens (tertiary/aromatic N) is 2. The van der Waals surface area contributed by atoms with Gasteiger partial charge in [0, 0.05) is 30.9 Å². The molecule has 1 unspecified atom stereocenters. The SMILES string of the molecule is O=C(CN1C[C@H]2CC(Oc3cncc(Cl)c3)C[C@H]2C1)c1ccc(O)cc1. The number of rotatable bonds is 5. The molecule has 1 saturated carbocycles. The van der Waals surface area contributed by atoms with E-state index in [0.29, 0.717) is 29.0 Å². The molecule has 2 aliphatic rings. The molecule has 0 radical (unpaired) electrons. The van der Waals surface area contributed by atoms with Gasteiger partial charge in [0.15, 0.2) is 5.78 Å². The van der Waals surface area contributed by atoms with Gasteiger partial charge in [0.05, 0.1) is 23.9 Å². The summed E-state index contributed by atoms with van der Waals surface area (Å²) in [5, 5.41) is 9.92. The molecular weight excluding hydrogens is 352 g/mol. The Labute approximate surface area is 157 Å². The number of pyridine rings is 1. The number of phenols is 1. The van der Waals surface area contributed by atoms with Crippen molar-refractivity contribution in [3.05, 3.63) is 53.3 Å². The average molecular weight is 373 g/mol. The summed E-state index contributed by atoms with van der Waals surface area (Å²) < 4.78 is 6.03. The van der Waals surface area contributed by atoms with E-state index in [4.69, 9.17) is 16.3 Å². The van der Waals surface area contributed by atoms with Gasteiger partial charge in [0.25, 0.3) is 0 Å². The summed E-state index contributed by atoms with van der Waals surface area (Å²) in [4.78, 5) is 18.7. The Kier molecular flexibility index (Phi) is 4.83. The number of phenolic OH excluding ortho intramolecular Hbond substituents is 1. The summed E-state index contributed by atoms with van der Waals surface area (Å²) in [6, 6.07) is 8.26. The Balaban J connectivity index is 1.29. The zero-order valence-corrected chi connectivity index (χ0v) is 15.1. The lowest BCUT2D eigenvalue weighted by molar-refractivity contribution is 0.0936. The van der Waals surface area contributed by atoms with E-state index < -0.39 is 0 Å². The molecule has 1 saturated heterocycles. The van der Waals surface area contributed by atoms with Crippen molar-refractivity contribution >= 4 is 17.4 Å². The number of hydrogen-bond donors (Lipinski definition) is 1. The second kappa shape index (κ2) is 7.25. The number of ketones is 1. The summed E-state index contributed by atoms with van der Waals surface area (Å²) in [6.45, 7) is 2.30. The van der Waals surface area contributed by atoms with Gasteiger partial charge in [-0.3, -0.25) is 14.7 Å². The predicted molar refractivity (Wildman–Crippen MR) is 98.8 cm³/mol. The first-order valence-corrected chi connectivity index (χ1v) is 9.26. The van der Waals surface area contributed by atoms with Gasteiger partial charge in [-0.05, 0) is 48.9 Å². The highest BCUT2D eigenvalue weighted by Crippen LogP contribution is 2.39. The van der Waals surface area contributed by atoms with Crippen LogP contribution in [0, 0.1) is 11.8 Å². The molecule has 0 amide bonds. The summed E-state index contributed by atoms with van der Waals surface area (Å²) in [7, 11) is 0. The van der Waals surface area contributed by atoms with Gasteiger partial charge >= 0.3 is 0 Å². The molecule has 0 bridgehead atoms. The normalized spacial score (nSPS) is 25.2. The lowest BCUT2D eigenvalue weighted by Crippen LogP contribution is -2.30. The molecule has 5 nitrogen and oxygen atoms in total. The van der Waals surface area contributed by atoms with E-state index in [2.05, 4.69) is 9.88 Å². The Morgan fingerprint density at radius 1 is 1.19 bits per heavy atom. The molecule has 26 heavy (non-hydrogen) atoms. The van der Waals surface area contributed by atoms with Gasteiger partial charge in [-0.1, -0.05) is 11.6 Å². The maximum atomic E-state index is 12.4. The largest absolute Gasteiger partial charge is 0.508 e. The number of halogens is 1. The predicted octanol–water partition coefficient (Wildman–Crippen LogP) is 3.41. The zero-order chi connectivity index (χ0) is 18.1. The third kappa shape index (κ3) is 3.84. The fourth-order valence-electron chi connectivity index (χ4n) is 4.16. The number of hydrogen-bond acceptors (Lipinski definition) is 5. The van der Waals surface area contributed by atoms with Crippen LogP contribution < -0.4 is 4.74 Å². The van der Waals surface area contributed by atoms with Crippen molar-refractivity contribution in [2.24, 2.45) is 11.8 Å². The number of aromatic hydroxyl groups is 1. The summed E-state index contributed by atoms with van der Waals surface area (Å²) in [5.41, 5.74) is 0.648. The number of aromatic nitrogens is 1. The van der Waals surface area contributed by atoms with E-state index in [-0.39, 0.29) is 17.6 Å². The van der Waals surface area contributed by atoms with Crippen LogP contribution in [0.5, 0.6) is 11.5 Å². The van der Waals surface area contributed by atoms with Crippen molar-refractivity contribution in [1.82, 2.24) is 9.88 Å². The molecule has 3 atom stereocenters. The van der Waals surface area contributed by atoms with Crippen molar-refractivity contribution in [3.63, 3.8) is 0 Å². The summed E-state index contributed by atoms with van der Waals surface area (Å²) >= 11 is 5.96. The van der Waals surface area contributed by atoms with Crippen molar-refractivity contribution < 1.29 is 14.6 Å². The van der Waals surface area contributed by atoms with Gasteiger partial charge in [-0.25, -0.2) is 0 Å². The van der Waals surface area contributed by atoms with Gasteiger partial charge in [-0.2, -0.15) is 0 Å². The van der Waals surface area contributed by atoms with Crippen LogP contribution in [-0.4, -0.2) is 46.5 Å². The van der Waals surface area contributed by atoms with Crippen LogP contribution >= 0.6 is 11.6 Å². The van der Waals surface area contributed by atoms with E-state index in [1.165, 1.54) is 0 Å². The van der Waals surface area contributed by atoms with Gasteiger partial charge in [0.1, 0.15) is 11.5 Å². The molecule has 1 aliphatic heterocycles. The van der Waals surface area contributed by atoms with Crippen LogP contribution in [0.1, 0.15) is 23.2 Å². The molecule has 1 N–H and O–H groups in total. The first kappa shape index (κ1) is 17.3. The minimum Gasteiger partial charge on any atom is -0.508 e. The number of Topliss-reactive ketones (excluding diaryl/α,β-unsaturated/α-hetero) is 1. The van der Waals surface area contributed by atoms with Crippen LogP contribution in [0.2, 0.25) is 5.02 Å². The number of carbonyl (C=O) groups is 1. The minimum absolute atomic E-state index is 0.0998. The molecular formula is C20H21ClN2O3. The van der Waals surface area contributed by atoms with Crippen LogP contribution in [0.3, 0.4) is 0 Å². The second-order valence-corrected chi connectivity index (χ2v) is 7.67. The minimum atomic E-state index is 0.0998. The standard InChI is InChI=1S/C20H21ClN2O3/c21-16-7-19(9-22-8-16)26-18-5-14-10-23(11-15(14)6-18)12-20(25)13-1-3-17(24)4-2-13/h1-4,7-9,14-15,18,24H,5-6,10-12H2/t14-,15+,18?. The molecule has 1 aliphatic carbocycles. The van der Waals surface area contributed by atoms with E-state index >= 15 is 0 Å². The van der Waals surface area contributed by atoms with Crippen LogP contribution in [0.15, 0.2) is 42.7 Å². The van der Waals surface area contributed by atoms with Crippen molar-refractivity contribution in [2.45, 2.75) is 18.9 Å². The van der Waals surface area contributed by atoms with Crippen LogP contribution in [0.4, 0.5) is 0 Å². The highest BCUT2D eigenvalue weighted by molar-refractivity contribution is 6.30. The van der Waals surface area contributed by atoms with Crippen LogP contribution in [0.25, 0.3) is 0 Å². The van der Waals surface area contributed by atoms with Crippen molar-refractivity contribution in [1.29, 1.82) is 0 Å². The van der Waals surface area contributed by atoms with E-state index in [0.717, 1.165) is 31.7 Å². The Morgan fingerprint density at radius 2 is 1.88 bits per heavy atom. The molecule has 4 rings (SSSR count). The topological polar surface area (TPSA) is 62.7 Å². The third-order valence-corrected chi connectivity index (χ3v) is 5.53. The monoisotopic (exact) mass is 372 g/mol. The molecule has 1 aromatic heterocycles. The Morgan fingerprint density at radius 3 is 2.54 bits per heavy atom. The lowest BCUT2D eigenvalue weighted by atomic mass is 10.0. The number of ether oxygens (including phenoxy) is 1. The summed E-state index contributed by atoms with van der Waals surface area (Å²) in [6.07, 6.45) is 5.49. The van der Waals surface area contributed by atoms with E-state index in [1.807, 2.05) is 0 Å². The number of carbonyl (C=O) groups excluding carboxylic acids is 1. The highest BCUT2D eigenvalue weighted by atomic mass is 35.5. The van der Waals surface area contributed by atoms with E-state index in [1.54, 1.807) is 42.7 Å². The third-order valence-electron chi connectivity index (χ3n) is 5.32. The molecule has 0 spiro atoms. The number of benzene rings is 1. The van der Waals surface area contributed by atoms with E-state index in [9.17, 15) is 9.90 Å². The fraction of sp³-hybridized carbons (Fsp3) is 0.400. The molecule has 2 heterocycles. The molecule has 1 aromatic carbocycles. The average Bonchev–Trinajstić information content (AvgIpc) is 3.13. The lowest BCUT2D eigenvalue weighted by Gasteiger charge is -2.19. The quantitative estimate of drug-likeness (QED) is 0.815. The van der Waals surface area contributed by atoms with Gasteiger partial charge in [0.2, 0.25) is 0 Å². The second-order valence-electron chi connectivity index (χ2n) is 7.23. The van der Waals surface area contributed by atoms with Crippen molar-refractivity contribution in [3.8, 4) is 11.5 Å². The fourth-order valence-corrected chi connectivity index (χ4v) is 4.32. The van der Waals surface area contributed by atoms with Gasteiger partial charge in [-0.15, -0.1) is 0 Å². The van der Waals surface area contributed by atoms with Gasteiger partial charge < -0.3 is 9.84 Å².